The van der Waals surface area contributed by atoms with Gasteiger partial charge < -0.3 is 9.84 Å². The van der Waals surface area contributed by atoms with Crippen LogP contribution in [0.15, 0.2) is 52.9 Å². The fourth-order valence-corrected chi connectivity index (χ4v) is 1.88. The van der Waals surface area contributed by atoms with Crippen molar-refractivity contribution in [2.75, 3.05) is 5.43 Å². The number of hydrogen-bond acceptors (Lipinski definition) is 5. The number of nitrogens with one attached hydrogen (secondary N) is 1. The lowest BCUT2D eigenvalue weighted by molar-refractivity contribution is 0.584. The van der Waals surface area contributed by atoms with Crippen LogP contribution in [0.1, 0.15) is 0 Å². The number of benzene rings is 2. The van der Waals surface area contributed by atoms with Crippen molar-refractivity contribution < 1.29 is 4.42 Å². The molecular weight excluding hydrogens is 276 g/mol. The van der Waals surface area contributed by atoms with E-state index >= 15 is 0 Å². The first-order valence-electron chi connectivity index (χ1n) is 5.93. The predicted octanol–water partition coefficient (Wildman–Crippen LogP) is 3.34. The van der Waals surface area contributed by atoms with Gasteiger partial charge in [0.15, 0.2) is 0 Å². The van der Waals surface area contributed by atoms with E-state index in [1.54, 1.807) is 12.1 Å². The van der Waals surface area contributed by atoms with E-state index in [0.29, 0.717) is 16.8 Å². The fraction of sp³-hybridized carbons (Fsp3) is 0. The molecule has 0 fully saturated rings. The lowest BCUT2D eigenvalue weighted by atomic mass is 10.2. The Bertz CT molecular complexity index is 707. The van der Waals surface area contributed by atoms with Gasteiger partial charge in [-0.15, -0.1) is 10.2 Å². The smallest absolute Gasteiger partial charge is 0.248 e. The van der Waals surface area contributed by atoms with Crippen molar-refractivity contribution in [2.45, 2.75) is 0 Å². The van der Waals surface area contributed by atoms with Gasteiger partial charge in [-0.3, -0.25) is 5.84 Å². The first-order chi connectivity index (χ1) is 9.76. The number of aromatic nitrogens is 2. The van der Waals surface area contributed by atoms with Crippen LogP contribution in [0.2, 0.25) is 5.02 Å². The van der Waals surface area contributed by atoms with E-state index in [9.17, 15) is 0 Å². The number of nitrogens with zero attached hydrogens (tertiary/aromatic N) is 2. The number of anilines is 1. The van der Waals surface area contributed by atoms with Gasteiger partial charge >= 0.3 is 0 Å². The molecule has 0 aliphatic rings. The van der Waals surface area contributed by atoms with Crippen molar-refractivity contribution in [3.8, 4) is 22.9 Å². The number of halogens is 1. The molecule has 3 N–H and O–H groups in total. The summed E-state index contributed by atoms with van der Waals surface area (Å²) in [5.41, 5.74) is 5.03. The largest absolute Gasteiger partial charge is 0.416 e. The summed E-state index contributed by atoms with van der Waals surface area (Å²) in [5.74, 6) is 6.23. The first kappa shape index (κ1) is 12.7. The highest BCUT2D eigenvalue weighted by atomic mass is 35.5. The van der Waals surface area contributed by atoms with Crippen LogP contribution >= 0.6 is 11.6 Å². The molecule has 0 spiro atoms. The molecule has 2 aromatic carbocycles. The third kappa shape index (κ3) is 2.49. The third-order valence-corrected chi connectivity index (χ3v) is 3.07. The summed E-state index contributed by atoms with van der Waals surface area (Å²) in [6, 6.07) is 14.6. The topological polar surface area (TPSA) is 77.0 Å². The summed E-state index contributed by atoms with van der Waals surface area (Å²) in [5, 5.41) is 8.74. The van der Waals surface area contributed by atoms with Crippen LogP contribution in [0.4, 0.5) is 5.69 Å². The highest BCUT2D eigenvalue weighted by Gasteiger charge is 2.10. The van der Waals surface area contributed by atoms with Crippen LogP contribution in [0.3, 0.4) is 0 Å². The zero-order valence-electron chi connectivity index (χ0n) is 10.4. The van der Waals surface area contributed by atoms with Gasteiger partial charge in [0.2, 0.25) is 11.8 Å². The lowest BCUT2D eigenvalue weighted by Gasteiger charge is -1.99. The summed E-state index contributed by atoms with van der Waals surface area (Å²) in [6.07, 6.45) is 0. The summed E-state index contributed by atoms with van der Waals surface area (Å²) in [6.45, 7) is 0. The maximum atomic E-state index is 5.85. The zero-order chi connectivity index (χ0) is 13.9. The number of hydrogen-bond donors (Lipinski definition) is 2. The monoisotopic (exact) mass is 286 g/mol. The highest BCUT2D eigenvalue weighted by Crippen LogP contribution is 2.25. The molecule has 0 aliphatic carbocycles. The number of rotatable bonds is 3. The SMILES string of the molecule is NNc1ccc(-c2nnc(-c3ccc(Cl)cc3)o2)cc1. The van der Waals surface area contributed by atoms with Crippen molar-refractivity contribution in [2.24, 2.45) is 5.84 Å². The Morgan fingerprint density at radius 3 is 1.85 bits per heavy atom. The van der Waals surface area contributed by atoms with E-state index in [1.807, 2.05) is 36.4 Å². The second-order valence-electron chi connectivity index (χ2n) is 4.14. The minimum absolute atomic E-state index is 0.456. The molecule has 5 nitrogen and oxygen atoms in total. The van der Waals surface area contributed by atoms with Crippen molar-refractivity contribution in [1.82, 2.24) is 10.2 Å². The fourth-order valence-electron chi connectivity index (χ4n) is 1.76. The molecule has 0 amide bonds. The molecule has 1 aromatic heterocycles. The standard InChI is InChI=1S/C14H11ClN4O/c15-11-5-1-9(2-6-11)13-18-19-14(20-13)10-3-7-12(17-16)8-4-10/h1-8,17H,16H2. The molecule has 3 rings (SSSR count). The quantitative estimate of drug-likeness (QED) is 0.570. The number of nitrogens with two attached hydrogens (primary N) is 1. The van der Waals surface area contributed by atoms with E-state index in [1.165, 1.54) is 0 Å². The van der Waals surface area contributed by atoms with Crippen LogP contribution < -0.4 is 11.3 Å². The Balaban J connectivity index is 1.91. The molecule has 0 saturated heterocycles. The van der Waals surface area contributed by atoms with Crippen LogP contribution in [-0.4, -0.2) is 10.2 Å². The summed E-state index contributed by atoms with van der Waals surface area (Å²) in [7, 11) is 0. The molecule has 0 radical (unpaired) electrons. The summed E-state index contributed by atoms with van der Waals surface area (Å²) >= 11 is 5.85. The molecule has 0 atom stereocenters. The van der Waals surface area contributed by atoms with E-state index in [2.05, 4.69) is 15.6 Å². The zero-order valence-corrected chi connectivity index (χ0v) is 11.1. The Hall–Kier alpha value is -2.37. The normalized spacial score (nSPS) is 10.5. The average Bonchev–Trinajstić information content (AvgIpc) is 2.98. The Morgan fingerprint density at radius 2 is 1.35 bits per heavy atom. The maximum Gasteiger partial charge on any atom is 0.248 e. The molecule has 6 heteroatoms. The molecule has 0 bridgehead atoms. The molecule has 0 unspecified atom stereocenters. The molecule has 100 valence electrons. The van der Waals surface area contributed by atoms with Crippen molar-refractivity contribution in [3.63, 3.8) is 0 Å². The van der Waals surface area contributed by atoms with E-state index in [4.69, 9.17) is 21.9 Å². The van der Waals surface area contributed by atoms with Crippen molar-refractivity contribution in [1.29, 1.82) is 0 Å². The lowest BCUT2D eigenvalue weighted by Crippen LogP contribution is -2.05. The first-order valence-corrected chi connectivity index (χ1v) is 6.30. The van der Waals surface area contributed by atoms with Crippen molar-refractivity contribution in [3.05, 3.63) is 53.6 Å². The van der Waals surface area contributed by atoms with Crippen LogP contribution in [0.25, 0.3) is 22.9 Å². The van der Waals surface area contributed by atoms with Gasteiger partial charge in [-0.25, -0.2) is 0 Å². The van der Waals surface area contributed by atoms with Gasteiger partial charge in [0.25, 0.3) is 0 Å². The molecular formula is C14H11ClN4O. The Labute approximate surface area is 120 Å². The Morgan fingerprint density at radius 1 is 0.850 bits per heavy atom. The molecule has 0 aliphatic heterocycles. The maximum absolute atomic E-state index is 5.85. The molecule has 20 heavy (non-hydrogen) atoms. The van der Waals surface area contributed by atoms with E-state index < -0.39 is 0 Å². The van der Waals surface area contributed by atoms with E-state index in [-0.39, 0.29) is 0 Å². The predicted molar refractivity (Wildman–Crippen MR) is 78.0 cm³/mol. The van der Waals surface area contributed by atoms with E-state index in [0.717, 1.165) is 16.8 Å². The van der Waals surface area contributed by atoms with Gasteiger partial charge in [0, 0.05) is 21.8 Å². The van der Waals surface area contributed by atoms with Crippen LogP contribution in [0.5, 0.6) is 0 Å². The highest BCUT2D eigenvalue weighted by molar-refractivity contribution is 6.30. The van der Waals surface area contributed by atoms with Gasteiger partial charge in [-0.05, 0) is 48.5 Å². The summed E-state index contributed by atoms with van der Waals surface area (Å²) in [4.78, 5) is 0. The van der Waals surface area contributed by atoms with Crippen molar-refractivity contribution >= 4 is 17.3 Å². The Kier molecular flexibility index (Phi) is 3.37. The minimum Gasteiger partial charge on any atom is -0.416 e. The number of nitrogen functional groups attached to an aromatic ring is 1. The molecule has 3 aromatic rings. The molecule has 1 heterocycles. The number of hydrazine groups is 1. The van der Waals surface area contributed by atoms with Crippen LogP contribution in [0, 0.1) is 0 Å². The molecule has 0 saturated carbocycles. The second kappa shape index (κ2) is 5.32. The summed E-state index contributed by atoms with van der Waals surface area (Å²) < 4.78 is 5.65. The van der Waals surface area contributed by atoms with Gasteiger partial charge in [0.1, 0.15) is 0 Å². The second-order valence-corrected chi connectivity index (χ2v) is 4.58. The van der Waals surface area contributed by atoms with Crippen LogP contribution in [-0.2, 0) is 0 Å². The van der Waals surface area contributed by atoms with Gasteiger partial charge in [-0.1, -0.05) is 11.6 Å². The van der Waals surface area contributed by atoms with Gasteiger partial charge in [0.05, 0.1) is 0 Å². The third-order valence-electron chi connectivity index (χ3n) is 2.81. The van der Waals surface area contributed by atoms with Gasteiger partial charge in [-0.2, -0.15) is 0 Å². The average molecular weight is 287 g/mol. The minimum atomic E-state index is 0.456.